The topological polar surface area (TPSA) is 82.1 Å². The number of hydrogen-bond acceptors (Lipinski definition) is 6. The zero-order chi connectivity index (χ0) is 12.4. The highest BCUT2D eigenvalue weighted by atomic mass is 31.2. The summed E-state index contributed by atoms with van der Waals surface area (Å²) in [5.41, 5.74) is 0. The molecule has 0 aromatic rings. The van der Waals surface area contributed by atoms with Gasteiger partial charge in [-0.1, -0.05) is 0 Å². The number of ether oxygens (including phenoxy) is 1. The summed E-state index contributed by atoms with van der Waals surface area (Å²) < 4.78 is 26.5. The highest BCUT2D eigenvalue weighted by Gasteiger charge is 2.24. The maximum absolute atomic E-state index is 11.9. The van der Waals surface area contributed by atoms with Crippen molar-refractivity contribution in [2.75, 3.05) is 32.6 Å². The molecule has 0 saturated heterocycles. The summed E-state index contributed by atoms with van der Waals surface area (Å²) in [5.74, 6) is -0.520. The van der Waals surface area contributed by atoms with Gasteiger partial charge in [0.05, 0.1) is 32.4 Å². The molecule has 0 aliphatic rings. The maximum Gasteiger partial charge on any atom is 0.331 e. The Kier molecular flexibility index (Phi) is 8.47. The van der Waals surface area contributed by atoms with Gasteiger partial charge in [-0.05, 0) is 13.8 Å². The van der Waals surface area contributed by atoms with Crippen molar-refractivity contribution in [3.63, 3.8) is 0 Å². The van der Waals surface area contributed by atoms with Gasteiger partial charge in [0, 0.05) is 0 Å². The molecule has 7 heteroatoms. The summed E-state index contributed by atoms with van der Waals surface area (Å²) in [6.45, 7) is 3.67. The Morgan fingerprint density at radius 1 is 1.25 bits per heavy atom. The number of aliphatic hydroxyl groups excluding tert-OH is 1. The van der Waals surface area contributed by atoms with Crippen molar-refractivity contribution in [2.24, 2.45) is 0 Å². The Morgan fingerprint density at radius 3 is 2.25 bits per heavy atom. The number of carbonyl (C=O) groups is 1. The molecule has 0 atom stereocenters. The van der Waals surface area contributed by atoms with Crippen molar-refractivity contribution in [1.82, 2.24) is 0 Å². The lowest BCUT2D eigenvalue weighted by atomic mass is 10.5. The van der Waals surface area contributed by atoms with E-state index in [1.807, 2.05) is 0 Å². The Hall–Kier alpha value is -0.420. The molecule has 0 aromatic carbocycles. The van der Waals surface area contributed by atoms with Gasteiger partial charge in [0.2, 0.25) is 0 Å². The van der Waals surface area contributed by atoms with Crippen LogP contribution in [0.4, 0.5) is 0 Å². The van der Waals surface area contributed by atoms with Crippen molar-refractivity contribution in [3.05, 3.63) is 0 Å². The monoisotopic (exact) mass is 254 g/mol. The molecule has 0 unspecified atom stereocenters. The van der Waals surface area contributed by atoms with Gasteiger partial charge >= 0.3 is 13.6 Å². The number of hydrogen-bond donors (Lipinski definition) is 1. The van der Waals surface area contributed by atoms with Gasteiger partial charge in [0.25, 0.3) is 0 Å². The van der Waals surface area contributed by atoms with Gasteiger partial charge in [-0.15, -0.1) is 0 Å². The first-order chi connectivity index (χ1) is 7.58. The van der Waals surface area contributed by atoms with Gasteiger partial charge in [-0.2, -0.15) is 0 Å². The Bertz CT molecular complexity index is 232. The van der Waals surface area contributed by atoms with Crippen LogP contribution in [-0.4, -0.2) is 43.7 Å². The zero-order valence-electron chi connectivity index (χ0n) is 9.68. The molecule has 0 amide bonds. The highest BCUT2D eigenvalue weighted by molar-refractivity contribution is 7.53. The molecule has 0 radical (unpaired) electrons. The molecule has 0 rings (SSSR count). The average Bonchev–Trinajstić information content (AvgIpc) is 2.24. The molecule has 0 heterocycles. The molecule has 1 N–H and O–H groups in total. The van der Waals surface area contributed by atoms with Crippen molar-refractivity contribution in [3.8, 4) is 0 Å². The summed E-state index contributed by atoms with van der Waals surface area (Å²) >= 11 is 0. The van der Waals surface area contributed by atoms with Crippen LogP contribution in [0.2, 0.25) is 0 Å². The number of aliphatic hydroxyl groups is 1. The average molecular weight is 254 g/mol. The Balaban J connectivity index is 4.01. The van der Waals surface area contributed by atoms with Crippen molar-refractivity contribution in [2.45, 2.75) is 20.3 Å². The zero-order valence-corrected chi connectivity index (χ0v) is 10.6. The van der Waals surface area contributed by atoms with Crippen LogP contribution in [0.3, 0.4) is 0 Å². The molecule has 0 aromatic heterocycles. The quantitative estimate of drug-likeness (QED) is 0.491. The molecule has 6 nitrogen and oxygen atoms in total. The minimum Gasteiger partial charge on any atom is -0.463 e. The van der Waals surface area contributed by atoms with Crippen molar-refractivity contribution >= 4 is 13.6 Å². The maximum atomic E-state index is 11.9. The number of rotatable bonds is 9. The van der Waals surface area contributed by atoms with Crippen LogP contribution in [0, 0.1) is 0 Å². The van der Waals surface area contributed by atoms with Gasteiger partial charge < -0.3 is 18.9 Å². The Morgan fingerprint density at radius 2 is 1.81 bits per heavy atom. The molecule has 0 spiro atoms. The van der Waals surface area contributed by atoms with E-state index < -0.39 is 13.6 Å². The van der Waals surface area contributed by atoms with Gasteiger partial charge in [0.15, 0.2) is 0 Å². The van der Waals surface area contributed by atoms with Crippen LogP contribution in [-0.2, 0) is 23.1 Å². The number of esters is 1. The second-order valence-electron chi connectivity index (χ2n) is 2.86. The highest BCUT2D eigenvalue weighted by Crippen LogP contribution is 2.48. The predicted molar refractivity (Wildman–Crippen MR) is 58.4 cm³/mol. The van der Waals surface area contributed by atoms with Crippen LogP contribution in [0.15, 0.2) is 0 Å². The molecule has 16 heavy (non-hydrogen) atoms. The predicted octanol–water partition coefficient (Wildman–Crippen LogP) is 1.18. The van der Waals surface area contributed by atoms with E-state index in [2.05, 4.69) is 4.74 Å². The first-order valence-electron chi connectivity index (χ1n) is 5.22. The van der Waals surface area contributed by atoms with Crippen molar-refractivity contribution in [1.29, 1.82) is 0 Å². The van der Waals surface area contributed by atoms with E-state index in [-0.39, 0.29) is 39.0 Å². The van der Waals surface area contributed by atoms with Crippen LogP contribution in [0.5, 0.6) is 0 Å². The van der Waals surface area contributed by atoms with E-state index in [9.17, 15) is 9.36 Å². The lowest BCUT2D eigenvalue weighted by Gasteiger charge is -2.16. The van der Waals surface area contributed by atoms with E-state index in [0.717, 1.165) is 0 Å². The van der Waals surface area contributed by atoms with Gasteiger partial charge in [0.1, 0.15) is 6.61 Å². The summed E-state index contributed by atoms with van der Waals surface area (Å²) in [4.78, 5) is 11.1. The largest absolute Gasteiger partial charge is 0.463 e. The van der Waals surface area contributed by atoms with Crippen molar-refractivity contribution < 1.29 is 28.3 Å². The molecule has 0 aliphatic heterocycles. The fourth-order valence-corrected chi connectivity index (χ4v) is 2.60. The second kappa shape index (κ2) is 8.70. The summed E-state index contributed by atoms with van der Waals surface area (Å²) in [6, 6.07) is 0. The van der Waals surface area contributed by atoms with E-state index >= 15 is 0 Å². The first kappa shape index (κ1) is 15.6. The van der Waals surface area contributed by atoms with E-state index in [1.54, 1.807) is 13.8 Å². The first-order valence-corrected chi connectivity index (χ1v) is 6.95. The smallest absolute Gasteiger partial charge is 0.331 e. The minimum absolute atomic E-state index is 0.00105. The summed E-state index contributed by atoms with van der Waals surface area (Å²) in [6.07, 6.45) is -0.0454. The molecule has 0 saturated carbocycles. The molecule has 0 fully saturated rings. The fraction of sp³-hybridized carbons (Fsp3) is 0.889. The standard InChI is InChI=1S/C9H19O6P/c1-3-14-16(12,15-4-2)8-5-9(11)13-7-6-10/h10H,3-8H2,1-2H3. The normalized spacial score (nSPS) is 11.4. The van der Waals surface area contributed by atoms with Gasteiger partial charge in [-0.3, -0.25) is 9.36 Å². The second-order valence-corrected chi connectivity index (χ2v) is 5.05. The lowest BCUT2D eigenvalue weighted by Crippen LogP contribution is -2.11. The van der Waals surface area contributed by atoms with Crippen LogP contribution in [0.25, 0.3) is 0 Å². The van der Waals surface area contributed by atoms with E-state index in [1.165, 1.54) is 0 Å². The summed E-state index contributed by atoms with van der Waals surface area (Å²) in [7, 11) is -3.17. The molecule has 96 valence electrons. The third kappa shape index (κ3) is 6.95. The molecular weight excluding hydrogens is 235 g/mol. The van der Waals surface area contributed by atoms with E-state index in [0.29, 0.717) is 0 Å². The van der Waals surface area contributed by atoms with Gasteiger partial charge in [-0.25, -0.2) is 0 Å². The molecular formula is C9H19O6P. The van der Waals surface area contributed by atoms with Crippen LogP contribution < -0.4 is 0 Å². The lowest BCUT2D eigenvalue weighted by molar-refractivity contribution is -0.144. The molecule has 0 aliphatic carbocycles. The third-order valence-electron chi connectivity index (χ3n) is 1.60. The van der Waals surface area contributed by atoms with E-state index in [4.69, 9.17) is 14.2 Å². The Labute approximate surface area is 95.4 Å². The SMILES string of the molecule is CCOP(=O)(CCC(=O)OCCO)OCC. The molecule has 0 bridgehead atoms. The van der Waals surface area contributed by atoms with Crippen LogP contribution >= 0.6 is 7.60 Å². The van der Waals surface area contributed by atoms with Crippen LogP contribution in [0.1, 0.15) is 20.3 Å². The fourth-order valence-electron chi connectivity index (χ4n) is 1.02. The number of carbonyl (C=O) groups excluding carboxylic acids is 1. The summed E-state index contributed by atoms with van der Waals surface area (Å²) in [5, 5.41) is 8.43. The third-order valence-corrected chi connectivity index (χ3v) is 3.67. The minimum atomic E-state index is -3.17.